The van der Waals surface area contributed by atoms with Crippen LogP contribution in [0.2, 0.25) is 0 Å². The standard InChI is InChI=1S/C9H17N3O/c13-9(8-1-2-11-7-8)12-5-3-10-4-6-12/h8,10-11H,1-7H2. The second-order valence-electron chi connectivity index (χ2n) is 3.77. The Hall–Kier alpha value is -0.610. The molecule has 1 unspecified atom stereocenters. The molecule has 0 aromatic heterocycles. The Bertz CT molecular complexity index is 183. The second-order valence-corrected chi connectivity index (χ2v) is 3.77. The highest BCUT2D eigenvalue weighted by Gasteiger charge is 2.27. The molecule has 74 valence electrons. The van der Waals surface area contributed by atoms with Crippen LogP contribution in [0.4, 0.5) is 0 Å². The van der Waals surface area contributed by atoms with Crippen LogP contribution in [0, 0.1) is 5.92 Å². The molecule has 0 bridgehead atoms. The van der Waals surface area contributed by atoms with Crippen LogP contribution >= 0.6 is 0 Å². The van der Waals surface area contributed by atoms with Gasteiger partial charge >= 0.3 is 0 Å². The maximum atomic E-state index is 11.9. The summed E-state index contributed by atoms with van der Waals surface area (Å²) in [5.74, 6) is 0.601. The largest absolute Gasteiger partial charge is 0.340 e. The van der Waals surface area contributed by atoms with Crippen LogP contribution < -0.4 is 10.6 Å². The van der Waals surface area contributed by atoms with Gasteiger partial charge in [0, 0.05) is 32.7 Å². The van der Waals surface area contributed by atoms with Crippen LogP contribution in [0.1, 0.15) is 6.42 Å². The smallest absolute Gasteiger partial charge is 0.227 e. The minimum atomic E-state index is 0.248. The van der Waals surface area contributed by atoms with Gasteiger partial charge in [0.05, 0.1) is 5.92 Å². The van der Waals surface area contributed by atoms with Gasteiger partial charge in [0.15, 0.2) is 0 Å². The molecule has 2 aliphatic heterocycles. The van der Waals surface area contributed by atoms with Gasteiger partial charge in [0.2, 0.25) is 5.91 Å². The summed E-state index contributed by atoms with van der Waals surface area (Å²) in [6, 6.07) is 0. The number of hydrogen-bond acceptors (Lipinski definition) is 3. The lowest BCUT2D eigenvalue weighted by atomic mass is 10.1. The lowest BCUT2D eigenvalue weighted by Gasteiger charge is -2.29. The number of rotatable bonds is 1. The molecule has 2 heterocycles. The summed E-state index contributed by atoms with van der Waals surface area (Å²) in [5.41, 5.74) is 0. The summed E-state index contributed by atoms with van der Waals surface area (Å²) >= 11 is 0. The van der Waals surface area contributed by atoms with E-state index in [1.807, 2.05) is 4.90 Å². The van der Waals surface area contributed by atoms with Gasteiger partial charge in [-0.15, -0.1) is 0 Å². The Morgan fingerprint density at radius 2 is 1.92 bits per heavy atom. The van der Waals surface area contributed by atoms with Crippen LogP contribution in [0.3, 0.4) is 0 Å². The SMILES string of the molecule is O=C(C1CCNC1)N1CCNCC1. The Kier molecular flexibility index (Phi) is 2.80. The van der Waals surface area contributed by atoms with Gasteiger partial charge in [-0.1, -0.05) is 0 Å². The number of carbonyl (C=O) groups is 1. The predicted octanol–water partition coefficient (Wildman–Crippen LogP) is -0.972. The monoisotopic (exact) mass is 183 g/mol. The first-order chi connectivity index (χ1) is 6.38. The van der Waals surface area contributed by atoms with E-state index in [4.69, 9.17) is 0 Å². The van der Waals surface area contributed by atoms with Crippen LogP contribution in [0.15, 0.2) is 0 Å². The number of nitrogens with zero attached hydrogens (tertiary/aromatic N) is 1. The number of amides is 1. The van der Waals surface area contributed by atoms with E-state index >= 15 is 0 Å². The molecule has 1 amide bonds. The molecule has 4 heteroatoms. The number of carbonyl (C=O) groups excluding carboxylic acids is 1. The topological polar surface area (TPSA) is 44.4 Å². The molecular weight excluding hydrogens is 166 g/mol. The fourth-order valence-corrected chi connectivity index (χ4v) is 2.01. The van der Waals surface area contributed by atoms with Crippen LogP contribution in [-0.2, 0) is 4.79 Å². The van der Waals surface area contributed by atoms with Crippen molar-refractivity contribution in [3.8, 4) is 0 Å². The summed E-state index contributed by atoms with van der Waals surface area (Å²) in [6.07, 6.45) is 1.02. The van der Waals surface area contributed by atoms with Crippen molar-refractivity contribution in [1.29, 1.82) is 0 Å². The molecule has 0 saturated carbocycles. The molecule has 2 aliphatic rings. The van der Waals surface area contributed by atoms with Gasteiger partial charge in [0.1, 0.15) is 0 Å². The van der Waals surface area contributed by atoms with Gasteiger partial charge in [-0.3, -0.25) is 4.79 Å². The highest BCUT2D eigenvalue weighted by atomic mass is 16.2. The van der Waals surface area contributed by atoms with E-state index in [1.54, 1.807) is 0 Å². The first-order valence-corrected chi connectivity index (χ1v) is 5.08. The Labute approximate surface area is 78.7 Å². The van der Waals surface area contributed by atoms with Crippen LogP contribution in [0.5, 0.6) is 0 Å². The van der Waals surface area contributed by atoms with Crippen molar-refractivity contribution < 1.29 is 4.79 Å². The number of hydrogen-bond donors (Lipinski definition) is 2. The maximum absolute atomic E-state index is 11.9. The lowest BCUT2D eigenvalue weighted by Crippen LogP contribution is -2.48. The molecule has 4 nitrogen and oxygen atoms in total. The highest BCUT2D eigenvalue weighted by Crippen LogP contribution is 2.11. The van der Waals surface area contributed by atoms with E-state index < -0.39 is 0 Å². The minimum Gasteiger partial charge on any atom is -0.340 e. The molecule has 0 radical (unpaired) electrons. The zero-order chi connectivity index (χ0) is 9.10. The second kappa shape index (κ2) is 4.07. The summed E-state index contributed by atoms with van der Waals surface area (Å²) in [7, 11) is 0. The zero-order valence-corrected chi connectivity index (χ0v) is 7.88. The van der Waals surface area contributed by atoms with Gasteiger partial charge in [-0.05, 0) is 13.0 Å². The van der Waals surface area contributed by atoms with Gasteiger partial charge < -0.3 is 15.5 Å². The average Bonchev–Trinajstić information content (AvgIpc) is 2.71. The van der Waals surface area contributed by atoms with Crippen molar-refractivity contribution in [2.75, 3.05) is 39.3 Å². The first kappa shape index (κ1) is 8.97. The summed E-state index contributed by atoms with van der Waals surface area (Å²) in [6.45, 7) is 5.55. The number of nitrogens with one attached hydrogen (secondary N) is 2. The van der Waals surface area contributed by atoms with E-state index in [2.05, 4.69) is 10.6 Å². The summed E-state index contributed by atoms with van der Waals surface area (Å²) in [5, 5.41) is 6.48. The molecule has 13 heavy (non-hydrogen) atoms. The van der Waals surface area contributed by atoms with Crippen LogP contribution in [-0.4, -0.2) is 50.1 Å². The molecule has 1 atom stereocenters. The zero-order valence-electron chi connectivity index (χ0n) is 7.88. The van der Waals surface area contributed by atoms with E-state index in [1.165, 1.54) is 0 Å². The Balaban J connectivity index is 1.87. The summed E-state index contributed by atoms with van der Waals surface area (Å²) < 4.78 is 0. The number of piperazine rings is 1. The van der Waals surface area contributed by atoms with E-state index in [9.17, 15) is 4.79 Å². The van der Waals surface area contributed by atoms with E-state index in [0.717, 1.165) is 45.7 Å². The third-order valence-corrected chi connectivity index (χ3v) is 2.84. The maximum Gasteiger partial charge on any atom is 0.227 e. The molecule has 2 rings (SSSR count). The van der Waals surface area contributed by atoms with Gasteiger partial charge in [0.25, 0.3) is 0 Å². The fraction of sp³-hybridized carbons (Fsp3) is 0.889. The van der Waals surface area contributed by atoms with Crippen molar-refractivity contribution in [3.63, 3.8) is 0 Å². The van der Waals surface area contributed by atoms with Crippen molar-refractivity contribution >= 4 is 5.91 Å². The quantitative estimate of drug-likeness (QED) is 0.549. The van der Waals surface area contributed by atoms with Gasteiger partial charge in [-0.2, -0.15) is 0 Å². The lowest BCUT2D eigenvalue weighted by molar-refractivity contribution is -0.135. The Morgan fingerprint density at radius 3 is 2.54 bits per heavy atom. The molecule has 0 aromatic carbocycles. The molecule has 0 aromatic rings. The van der Waals surface area contributed by atoms with Crippen molar-refractivity contribution in [2.24, 2.45) is 5.92 Å². The van der Waals surface area contributed by atoms with Crippen LogP contribution in [0.25, 0.3) is 0 Å². The predicted molar refractivity (Wildman–Crippen MR) is 50.4 cm³/mol. The molecule has 2 fully saturated rings. The van der Waals surface area contributed by atoms with E-state index in [0.29, 0.717) is 5.91 Å². The summed E-state index contributed by atoms with van der Waals surface area (Å²) in [4.78, 5) is 13.9. The molecule has 2 saturated heterocycles. The normalized spacial score (nSPS) is 29.2. The average molecular weight is 183 g/mol. The highest BCUT2D eigenvalue weighted by molar-refractivity contribution is 5.79. The molecule has 0 aliphatic carbocycles. The third-order valence-electron chi connectivity index (χ3n) is 2.84. The molecular formula is C9H17N3O. The van der Waals surface area contributed by atoms with Crippen molar-refractivity contribution in [2.45, 2.75) is 6.42 Å². The molecule has 0 spiro atoms. The first-order valence-electron chi connectivity index (χ1n) is 5.08. The minimum absolute atomic E-state index is 0.248. The van der Waals surface area contributed by atoms with Crippen molar-refractivity contribution in [1.82, 2.24) is 15.5 Å². The third kappa shape index (κ3) is 2.00. The van der Waals surface area contributed by atoms with Crippen molar-refractivity contribution in [3.05, 3.63) is 0 Å². The molecule has 2 N–H and O–H groups in total. The Morgan fingerprint density at radius 1 is 1.15 bits per heavy atom. The van der Waals surface area contributed by atoms with Gasteiger partial charge in [-0.25, -0.2) is 0 Å². The van der Waals surface area contributed by atoms with E-state index in [-0.39, 0.29) is 5.92 Å². The fourth-order valence-electron chi connectivity index (χ4n) is 2.01.